The third-order valence-corrected chi connectivity index (χ3v) is 3.76. The van der Waals surface area contributed by atoms with Crippen molar-refractivity contribution in [2.75, 3.05) is 13.2 Å². The second kappa shape index (κ2) is 10.4. The van der Waals surface area contributed by atoms with E-state index in [1.54, 1.807) is 39.0 Å². The summed E-state index contributed by atoms with van der Waals surface area (Å²) >= 11 is 0. The van der Waals surface area contributed by atoms with Crippen LogP contribution < -0.4 is 10.6 Å². The molecule has 0 saturated heterocycles. The SMILES string of the molecule is C=CCOCC(NC(=O)C(NC(=O)c1ccccc1C)C(C)C)C(=O)O. The molecule has 7 heteroatoms. The van der Waals surface area contributed by atoms with E-state index in [0.717, 1.165) is 5.56 Å². The summed E-state index contributed by atoms with van der Waals surface area (Å²) in [6.07, 6.45) is 1.49. The minimum absolute atomic E-state index is 0.178. The van der Waals surface area contributed by atoms with Gasteiger partial charge >= 0.3 is 5.97 Å². The standard InChI is InChI=1S/C19H26N2O5/c1-5-10-26-11-15(19(24)25)20-18(23)16(12(2)3)21-17(22)14-9-7-6-8-13(14)4/h5-9,12,15-16H,1,10-11H2,2-4H3,(H,20,23)(H,21,22)(H,24,25). The van der Waals surface area contributed by atoms with Gasteiger partial charge in [0.05, 0.1) is 13.2 Å². The molecule has 1 rings (SSSR count). The highest BCUT2D eigenvalue weighted by Gasteiger charge is 2.29. The van der Waals surface area contributed by atoms with Gasteiger partial charge in [-0.2, -0.15) is 0 Å². The van der Waals surface area contributed by atoms with Gasteiger partial charge in [0.1, 0.15) is 6.04 Å². The molecule has 0 saturated carbocycles. The first kappa shape index (κ1) is 21.4. The van der Waals surface area contributed by atoms with Crippen LogP contribution in [0.25, 0.3) is 0 Å². The molecular formula is C19H26N2O5. The summed E-state index contributed by atoms with van der Waals surface area (Å²) in [6.45, 7) is 8.81. The second-order valence-electron chi connectivity index (χ2n) is 6.24. The van der Waals surface area contributed by atoms with E-state index in [1.165, 1.54) is 6.08 Å². The average Bonchev–Trinajstić information content (AvgIpc) is 2.58. The van der Waals surface area contributed by atoms with Crippen LogP contribution in [0.15, 0.2) is 36.9 Å². The summed E-state index contributed by atoms with van der Waals surface area (Å²) in [5, 5.41) is 14.3. The molecule has 0 spiro atoms. The van der Waals surface area contributed by atoms with E-state index in [0.29, 0.717) is 5.56 Å². The molecule has 0 aliphatic carbocycles. The lowest BCUT2D eigenvalue weighted by Gasteiger charge is -2.24. The van der Waals surface area contributed by atoms with E-state index in [-0.39, 0.29) is 25.0 Å². The van der Waals surface area contributed by atoms with Gasteiger partial charge in [-0.25, -0.2) is 4.79 Å². The quantitative estimate of drug-likeness (QED) is 0.432. The fraction of sp³-hybridized carbons (Fsp3) is 0.421. The molecule has 0 aliphatic heterocycles. The summed E-state index contributed by atoms with van der Waals surface area (Å²) < 4.78 is 5.11. The lowest BCUT2D eigenvalue weighted by molar-refractivity contribution is -0.144. The second-order valence-corrected chi connectivity index (χ2v) is 6.24. The molecule has 2 unspecified atom stereocenters. The minimum Gasteiger partial charge on any atom is -0.480 e. The first-order valence-corrected chi connectivity index (χ1v) is 8.36. The van der Waals surface area contributed by atoms with Crippen LogP contribution in [0.1, 0.15) is 29.8 Å². The monoisotopic (exact) mass is 362 g/mol. The Bertz CT molecular complexity index is 657. The molecular weight excluding hydrogens is 336 g/mol. The first-order chi connectivity index (χ1) is 12.3. The number of aryl methyl sites for hydroxylation is 1. The summed E-state index contributed by atoms with van der Waals surface area (Å²) in [5.41, 5.74) is 1.25. The number of benzene rings is 1. The highest BCUT2D eigenvalue weighted by atomic mass is 16.5. The predicted molar refractivity (Wildman–Crippen MR) is 97.9 cm³/mol. The highest BCUT2D eigenvalue weighted by molar-refractivity contribution is 5.99. The van der Waals surface area contributed by atoms with Crippen LogP contribution in [-0.2, 0) is 14.3 Å². The van der Waals surface area contributed by atoms with Crippen LogP contribution in [0.3, 0.4) is 0 Å². The van der Waals surface area contributed by atoms with Gasteiger partial charge in [-0.1, -0.05) is 38.1 Å². The van der Waals surface area contributed by atoms with Crippen molar-refractivity contribution in [2.24, 2.45) is 5.92 Å². The molecule has 2 atom stereocenters. The van der Waals surface area contributed by atoms with Crippen LogP contribution in [0, 0.1) is 12.8 Å². The van der Waals surface area contributed by atoms with Gasteiger partial charge in [-0.05, 0) is 24.5 Å². The molecule has 142 valence electrons. The Labute approximate surface area is 153 Å². The van der Waals surface area contributed by atoms with Crippen molar-refractivity contribution >= 4 is 17.8 Å². The number of hydrogen-bond acceptors (Lipinski definition) is 4. The van der Waals surface area contributed by atoms with Crippen molar-refractivity contribution in [3.05, 3.63) is 48.0 Å². The smallest absolute Gasteiger partial charge is 0.328 e. The van der Waals surface area contributed by atoms with Crippen LogP contribution in [0.5, 0.6) is 0 Å². The fourth-order valence-electron chi connectivity index (χ4n) is 2.29. The fourth-order valence-corrected chi connectivity index (χ4v) is 2.29. The normalized spacial score (nSPS) is 12.9. The zero-order valence-corrected chi connectivity index (χ0v) is 15.3. The number of rotatable bonds is 10. The maximum Gasteiger partial charge on any atom is 0.328 e. The van der Waals surface area contributed by atoms with Crippen molar-refractivity contribution in [1.82, 2.24) is 10.6 Å². The molecule has 1 aromatic rings. The van der Waals surface area contributed by atoms with Gasteiger partial charge in [0.15, 0.2) is 6.04 Å². The maximum atomic E-state index is 12.5. The van der Waals surface area contributed by atoms with E-state index < -0.39 is 24.0 Å². The lowest BCUT2D eigenvalue weighted by Crippen LogP contribution is -2.54. The predicted octanol–water partition coefficient (Wildman–Crippen LogP) is 1.52. The largest absolute Gasteiger partial charge is 0.480 e. The molecule has 26 heavy (non-hydrogen) atoms. The third-order valence-electron chi connectivity index (χ3n) is 3.76. The molecule has 0 heterocycles. The van der Waals surface area contributed by atoms with Gasteiger partial charge in [-0.3, -0.25) is 9.59 Å². The molecule has 1 aromatic carbocycles. The van der Waals surface area contributed by atoms with Crippen molar-refractivity contribution in [3.63, 3.8) is 0 Å². The number of carboxylic acid groups (broad SMARTS) is 1. The zero-order chi connectivity index (χ0) is 19.7. The first-order valence-electron chi connectivity index (χ1n) is 8.36. The Kier molecular flexibility index (Phi) is 8.51. The van der Waals surface area contributed by atoms with E-state index in [2.05, 4.69) is 17.2 Å². The summed E-state index contributed by atoms with van der Waals surface area (Å²) in [6, 6.07) is 4.95. The van der Waals surface area contributed by atoms with E-state index >= 15 is 0 Å². The number of carboxylic acids is 1. The van der Waals surface area contributed by atoms with Gasteiger partial charge in [0, 0.05) is 5.56 Å². The summed E-state index contributed by atoms with van der Waals surface area (Å²) in [7, 11) is 0. The number of hydrogen-bond donors (Lipinski definition) is 3. The number of ether oxygens (including phenoxy) is 1. The Balaban J connectivity index is 2.83. The van der Waals surface area contributed by atoms with E-state index in [9.17, 15) is 19.5 Å². The molecule has 0 fully saturated rings. The molecule has 0 aliphatic rings. The molecule has 3 N–H and O–H groups in total. The van der Waals surface area contributed by atoms with Crippen molar-refractivity contribution in [1.29, 1.82) is 0 Å². The summed E-state index contributed by atoms with van der Waals surface area (Å²) in [4.78, 5) is 36.3. The lowest BCUT2D eigenvalue weighted by atomic mass is 10.0. The Morgan fingerprint density at radius 1 is 1.23 bits per heavy atom. The third kappa shape index (κ3) is 6.33. The van der Waals surface area contributed by atoms with Gasteiger partial charge in [0.25, 0.3) is 5.91 Å². The number of carbonyl (C=O) groups excluding carboxylic acids is 2. The molecule has 7 nitrogen and oxygen atoms in total. The summed E-state index contributed by atoms with van der Waals surface area (Å²) in [5.74, 6) is -2.40. The van der Waals surface area contributed by atoms with Crippen LogP contribution in [-0.4, -0.2) is 48.2 Å². The van der Waals surface area contributed by atoms with Crippen LogP contribution in [0.4, 0.5) is 0 Å². The van der Waals surface area contributed by atoms with Crippen LogP contribution in [0.2, 0.25) is 0 Å². The number of carbonyl (C=O) groups is 3. The molecule has 0 radical (unpaired) electrons. The molecule has 0 aromatic heterocycles. The highest BCUT2D eigenvalue weighted by Crippen LogP contribution is 2.09. The van der Waals surface area contributed by atoms with Gasteiger partial charge in [0.2, 0.25) is 5.91 Å². The van der Waals surface area contributed by atoms with E-state index in [4.69, 9.17) is 4.74 Å². The van der Waals surface area contributed by atoms with Gasteiger partial charge in [-0.15, -0.1) is 6.58 Å². The van der Waals surface area contributed by atoms with Gasteiger partial charge < -0.3 is 20.5 Å². The number of aliphatic carboxylic acids is 1. The minimum atomic E-state index is -1.21. The number of nitrogens with one attached hydrogen (secondary N) is 2. The van der Waals surface area contributed by atoms with Crippen molar-refractivity contribution < 1.29 is 24.2 Å². The number of amides is 2. The average molecular weight is 362 g/mol. The van der Waals surface area contributed by atoms with E-state index in [1.807, 2.05) is 6.07 Å². The Morgan fingerprint density at radius 2 is 1.88 bits per heavy atom. The maximum absolute atomic E-state index is 12.5. The van der Waals surface area contributed by atoms with Crippen molar-refractivity contribution in [3.8, 4) is 0 Å². The Hall–Kier alpha value is -2.67. The van der Waals surface area contributed by atoms with Crippen molar-refractivity contribution in [2.45, 2.75) is 32.9 Å². The molecule has 0 bridgehead atoms. The topological polar surface area (TPSA) is 105 Å². The van der Waals surface area contributed by atoms with Crippen LogP contribution >= 0.6 is 0 Å². The zero-order valence-electron chi connectivity index (χ0n) is 15.3. The Morgan fingerprint density at radius 3 is 2.42 bits per heavy atom. The molecule has 2 amide bonds.